The highest BCUT2D eigenvalue weighted by Gasteiger charge is 2.16. The Morgan fingerprint density at radius 3 is 2.67 bits per heavy atom. The van der Waals surface area contributed by atoms with Crippen molar-refractivity contribution >= 4 is 23.0 Å². The van der Waals surface area contributed by atoms with E-state index in [9.17, 15) is 9.59 Å². The van der Waals surface area contributed by atoms with E-state index in [1.165, 1.54) is 17.6 Å². The lowest BCUT2D eigenvalue weighted by atomic mass is 10.1. The lowest BCUT2D eigenvalue weighted by Crippen LogP contribution is -2.22. The maximum Gasteiger partial charge on any atom is 0.273 e. The molecule has 3 heterocycles. The molecule has 0 aliphatic carbocycles. The molecule has 1 aromatic carbocycles. The van der Waals surface area contributed by atoms with Crippen LogP contribution in [0.4, 0.5) is 0 Å². The summed E-state index contributed by atoms with van der Waals surface area (Å²) >= 11 is 1.31. The highest BCUT2D eigenvalue weighted by Crippen LogP contribution is 2.21. The Hall–Kier alpha value is -3.45. The first-order chi connectivity index (χ1) is 13.2. The Morgan fingerprint density at radius 2 is 1.89 bits per heavy atom. The smallest absolute Gasteiger partial charge is 0.273 e. The van der Waals surface area contributed by atoms with E-state index in [0.717, 1.165) is 10.4 Å². The Labute approximate surface area is 158 Å². The lowest BCUT2D eigenvalue weighted by Gasteiger charge is -1.99. The van der Waals surface area contributed by atoms with Crippen molar-refractivity contribution in [2.45, 2.75) is 6.54 Å². The van der Waals surface area contributed by atoms with Crippen LogP contribution in [0.2, 0.25) is 0 Å². The minimum atomic E-state index is -0.340. The molecule has 0 saturated heterocycles. The number of carbonyl (C=O) groups is 2. The number of furan rings is 1. The molecule has 0 unspecified atom stereocenters. The normalized spacial score (nSPS) is 10.7. The summed E-state index contributed by atoms with van der Waals surface area (Å²) in [6.45, 7) is 0.294. The SMILES string of the molecule is O=C(NCc1ccc(C(=O)c2ccco2)s1)c1cc(-c2ccccc2)on1. The molecule has 0 spiro atoms. The second kappa shape index (κ2) is 7.43. The summed E-state index contributed by atoms with van der Waals surface area (Å²) in [6.07, 6.45) is 1.46. The second-order valence-corrected chi connectivity index (χ2v) is 6.87. The van der Waals surface area contributed by atoms with Crippen molar-refractivity contribution in [3.8, 4) is 11.3 Å². The van der Waals surface area contributed by atoms with Gasteiger partial charge in [0.05, 0.1) is 17.7 Å². The van der Waals surface area contributed by atoms with Gasteiger partial charge in [-0.1, -0.05) is 35.5 Å². The van der Waals surface area contributed by atoms with Gasteiger partial charge in [0.1, 0.15) is 0 Å². The zero-order valence-electron chi connectivity index (χ0n) is 14.0. The number of hydrogen-bond donors (Lipinski definition) is 1. The van der Waals surface area contributed by atoms with Crippen LogP contribution >= 0.6 is 11.3 Å². The highest BCUT2D eigenvalue weighted by molar-refractivity contribution is 7.14. The van der Waals surface area contributed by atoms with Crippen molar-refractivity contribution in [3.63, 3.8) is 0 Å². The van der Waals surface area contributed by atoms with Gasteiger partial charge in [-0.3, -0.25) is 9.59 Å². The number of carbonyl (C=O) groups excluding carboxylic acids is 2. The van der Waals surface area contributed by atoms with Crippen LogP contribution in [0.1, 0.15) is 30.8 Å². The molecule has 27 heavy (non-hydrogen) atoms. The van der Waals surface area contributed by atoms with Crippen LogP contribution in [0, 0.1) is 0 Å². The number of benzene rings is 1. The summed E-state index contributed by atoms with van der Waals surface area (Å²) in [7, 11) is 0. The predicted molar refractivity (Wildman–Crippen MR) is 99.6 cm³/mol. The van der Waals surface area contributed by atoms with Crippen molar-refractivity contribution < 1.29 is 18.5 Å². The standard InChI is InChI=1S/C20H14N2O4S/c23-19(16-7-4-10-25-16)18-9-8-14(27-18)12-21-20(24)15-11-17(26-22-15)13-5-2-1-3-6-13/h1-11H,12H2,(H,21,24). The fraction of sp³-hybridized carbons (Fsp3) is 0.0500. The third kappa shape index (κ3) is 3.73. The van der Waals surface area contributed by atoms with Crippen molar-refractivity contribution in [1.82, 2.24) is 10.5 Å². The van der Waals surface area contributed by atoms with E-state index in [0.29, 0.717) is 22.9 Å². The third-order valence-corrected chi connectivity index (χ3v) is 4.94. The minimum Gasteiger partial charge on any atom is -0.461 e. The second-order valence-electron chi connectivity index (χ2n) is 5.70. The molecule has 4 rings (SSSR count). The van der Waals surface area contributed by atoms with Gasteiger partial charge in [0.25, 0.3) is 5.91 Å². The molecule has 0 radical (unpaired) electrons. The topological polar surface area (TPSA) is 85.3 Å². The van der Waals surface area contributed by atoms with Crippen molar-refractivity contribution in [2.24, 2.45) is 0 Å². The monoisotopic (exact) mass is 378 g/mol. The average molecular weight is 378 g/mol. The van der Waals surface area contributed by atoms with Gasteiger partial charge in [0, 0.05) is 16.5 Å². The van der Waals surface area contributed by atoms with Crippen LogP contribution < -0.4 is 5.32 Å². The van der Waals surface area contributed by atoms with Gasteiger partial charge in [0.15, 0.2) is 17.2 Å². The van der Waals surface area contributed by atoms with Crippen molar-refractivity contribution in [3.05, 3.63) is 88.1 Å². The molecule has 7 heteroatoms. The Bertz CT molecular complexity index is 1060. The molecular formula is C20H14N2O4S. The van der Waals surface area contributed by atoms with E-state index in [1.54, 1.807) is 30.3 Å². The maximum atomic E-state index is 12.3. The van der Waals surface area contributed by atoms with Crippen molar-refractivity contribution in [1.29, 1.82) is 0 Å². The van der Waals surface area contributed by atoms with E-state index in [4.69, 9.17) is 8.94 Å². The summed E-state index contributed by atoms with van der Waals surface area (Å²) in [5.74, 6) is 0.312. The number of nitrogens with one attached hydrogen (secondary N) is 1. The van der Waals surface area contributed by atoms with Crippen molar-refractivity contribution in [2.75, 3.05) is 0 Å². The van der Waals surface area contributed by atoms with Gasteiger partial charge in [-0.05, 0) is 24.3 Å². The molecule has 6 nitrogen and oxygen atoms in total. The van der Waals surface area contributed by atoms with Gasteiger partial charge >= 0.3 is 0 Å². The van der Waals surface area contributed by atoms with Crippen LogP contribution in [0.3, 0.4) is 0 Å². The number of nitrogens with zero attached hydrogens (tertiary/aromatic N) is 1. The van der Waals surface area contributed by atoms with E-state index >= 15 is 0 Å². The fourth-order valence-electron chi connectivity index (χ4n) is 2.50. The van der Waals surface area contributed by atoms with E-state index in [-0.39, 0.29) is 17.4 Å². The Balaban J connectivity index is 1.39. The van der Waals surface area contributed by atoms with Gasteiger partial charge < -0.3 is 14.3 Å². The average Bonchev–Trinajstić information content (AvgIpc) is 3.48. The Morgan fingerprint density at radius 1 is 1.04 bits per heavy atom. The quantitative estimate of drug-likeness (QED) is 0.509. The molecule has 0 saturated carbocycles. The first-order valence-corrected chi connectivity index (χ1v) is 8.99. The number of aromatic nitrogens is 1. The first-order valence-electron chi connectivity index (χ1n) is 8.18. The predicted octanol–water partition coefficient (Wildman–Crippen LogP) is 4.16. The highest BCUT2D eigenvalue weighted by atomic mass is 32.1. The van der Waals surface area contributed by atoms with Gasteiger partial charge in [-0.25, -0.2) is 0 Å². The molecule has 1 amide bonds. The summed E-state index contributed by atoms with van der Waals surface area (Å²) in [5, 5.41) is 6.60. The Kier molecular flexibility index (Phi) is 4.67. The molecule has 0 bridgehead atoms. The molecular weight excluding hydrogens is 364 g/mol. The van der Waals surface area contributed by atoms with Crippen LogP contribution in [0.5, 0.6) is 0 Å². The molecule has 0 aliphatic rings. The third-order valence-electron chi connectivity index (χ3n) is 3.85. The van der Waals surface area contributed by atoms with E-state index in [1.807, 2.05) is 30.3 Å². The minimum absolute atomic E-state index is 0.174. The molecule has 0 fully saturated rings. The first kappa shape index (κ1) is 17.0. The molecule has 0 aliphatic heterocycles. The zero-order chi connectivity index (χ0) is 18.6. The van der Waals surface area contributed by atoms with Gasteiger partial charge in [-0.2, -0.15) is 0 Å². The van der Waals surface area contributed by atoms with E-state index in [2.05, 4.69) is 10.5 Å². The summed E-state index contributed by atoms with van der Waals surface area (Å²) in [5.41, 5.74) is 1.06. The van der Waals surface area contributed by atoms with Gasteiger partial charge in [-0.15, -0.1) is 11.3 Å². The van der Waals surface area contributed by atoms with Crippen LogP contribution in [0.25, 0.3) is 11.3 Å². The molecule has 4 aromatic rings. The largest absolute Gasteiger partial charge is 0.461 e. The zero-order valence-corrected chi connectivity index (χ0v) is 14.9. The number of ketones is 1. The number of hydrogen-bond acceptors (Lipinski definition) is 6. The van der Waals surface area contributed by atoms with Gasteiger partial charge in [0.2, 0.25) is 5.78 Å². The lowest BCUT2D eigenvalue weighted by molar-refractivity contribution is 0.0941. The number of thiophene rings is 1. The maximum absolute atomic E-state index is 12.3. The molecule has 3 aromatic heterocycles. The summed E-state index contributed by atoms with van der Waals surface area (Å²) in [4.78, 5) is 25.9. The van der Waals surface area contributed by atoms with Crippen LogP contribution in [0.15, 0.2) is 75.9 Å². The fourth-order valence-corrected chi connectivity index (χ4v) is 3.40. The van der Waals surface area contributed by atoms with Crippen LogP contribution in [-0.2, 0) is 6.54 Å². The number of amides is 1. The number of rotatable bonds is 6. The van der Waals surface area contributed by atoms with E-state index < -0.39 is 0 Å². The molecule has 1 N–H and O–H groups in total. The molecule has 0 atom stereocenters. The molecule has 134 valence electrons. The summed E-state index contributed by atoms with van der Waals surface area (Å²) < 4.78 is 10.4. The summed E-state index contributed by atoms with van der Waals surface area (Å²) in [6, 6.07) is 17.9. The van der Waals surface area contributed by atoms with Crippen LogP contribution in [-0.4, -0.2) is 16.8 Å².